The molecule has 1 aliphatic rings. The minimum Gasteiger partial charge on any atom is -0.365 e. The molecular weight excluding hydrogens is 353 g/mol. The Balaban J connectivity index is 2.00. The highest BCUT2D eigenvalue weighted by molar-refractivity contribution is 6.10. The summed E-state index contributed by atoms with van der Waals surface area (Å²) in [6.45, 7) is 2.03. The van der Waals surface area contributed by atoms with Crippen LogP contribution in [0.4, 0.5) is 4.39 Å². The average molecular weight is 371 g/mol. The molecule has 0 radical (unpaired) electrons. The summed E-state index contributed by atoms with van der Waals surface area (Å²) >= 11 is 0. The van der Waals surface area contributed by atoms with Crippen molar-refractivity contribution in [2.24, 2.45) is 5.73 Å². The Hall–Kier alpha value is -3.65. The van der Waals surface area contributed by atoms with Crippen molar-refractivity contribution in [3.8, 4) is 6.07 Å². The molecule has 1 aliphatic carbocycles. The standard InChI is InChI=1S/C23H18FN3O/c1-13-5-8-20-18(9-13)17-7-6-15(10-14-3-2-4-16(24)11-14)21(22(17)27-20)19(12-25)23(26)28/h2-5,8-11,27H,6-7H2,1H3,(H2,26,28)/b15-10+,21-19-. The number of hydrogen-bond acceptors (Lipinski definition) is 2. The van der Waals surface area contributed by atoms with E-state index < -0.39 is 5.91 Å². The molecule has 28 heavy (non-hydrogen) atoms. The first-order chi connectivity index (χ1) is 13.5. The second-order valence-corrected chi connectivity index (χ2v) is 6.98. The van der Waals surface area contributed by atoms with Crippen molar-refractivity contribution in [1.82, 2.24) is 4.98 Å². The third-order valence-corrected chi connectivity index (χ3v) is 5.07. The van der Waals surface area contributed by atoms with E-state index in [0.717, 1.165) is 39.7 Å². The fraction of sp³-hybridized carbons (Fsp3) is 0.130. The van der Waals surface area contributed by atoms with Gasteiger partial charge in [0.15, 0.2) is 0 Å². The minimum absolute atomic E-state index is 0.0909. The van der Waals surface area contributed by atoms with Gasteiger partial charge in [0.2, 0.25) is 0 Å². The van der Waals surface area contributed by atoms with Gasteiger partial charge in [-0.05, 0) is 60.7 Å². The molecule has 1 amide bonds. The number of hydrogen-bond donors (Lipinski definition) is 2. The number of aromatic amines is 1. The maximum Gasteiger partial charge on any atom is 0.260 e. The van der Waals surface area contributed by atoms with Crippen LogP contribution in [-0.4, -0.2) is 10.9 Å². The third-order valence-electron chi connectivity index (χ3n) is 5.07. The summed E-state index contributed by atoms with van der Waals surface area (Å²) in [4.78, 5) is 15.4. The van der Waals surface area contributed by atoms with E-state index in [1.165, 1.54) is 12.1 Å². The lowest BCUT2D eigenvalue weighted by molar-refractivity contribution is -0.114. The number of halogens is 1. The number of fused-ring (bicyclic) bond motifs is 3. The molecule has 4 rings (SSSR count). The first kappa shape index (κ1) is 17.7. The highest BCUT2D eigenvalue weighted by atomic mass is 19.1. The first-order valence-corrected chi connectivity index (χ1v) is 9.00. The number of allylic oxidation sites excluding steroid dienone is 2. The number of nitrogens with two attached hydrogens (primary N) is 1. The summed E-state index contributed by atoms with van der Waals surface area (Å²) in [6.07, 6.45) is 3.19. The van der Waals surface area contributed by atoms with Crippen molar-refractivity contribution in [1.29, 1.82) is 5.26 Å². The zero-order chi connectivity index (χ0) is 19.8. The maximum absolute atomic E-state index is 13.6. The van der Waals surface area contributed by atoms with Gasteiger partial charge in [-0.3, -0.25) is 4.79 Å². The van der Waals surface area contributed by atoms with Crippen molar-refractivity contribution < 1.29 is 9.18 Å². The normalized spacial score (nSPS) is 16.7. The summed E-state index contributed by atoms with van der Waals surface area (Å²) in [5, 5.41) is 10.7. The van der Waals surface area contributed by atoms with Crippen LogP contribution in [0.25, 0.3) is 22.6 Å². The quantitative estimate of drug-likeness (QED) is 0.517. The molecule has 0 saturated heterocycles. The van der Waals surface area contributed by atoms with Crippen LogP contribution in [0, 0.1) is 24.1 Å². The van der Waals surface area contributed by atoms with Crippen LogP contribution < -0.4 is 5.73 Å². The van der Waals surface area contributed by atoms with Gasteiger partial charge in [0.25, 0.3) is 5.91 Å². The number of carbonyl (C=O) groups is 1. The summed E-state index contributed by atoms with van der Waals surface area (Å²) in [5.41, 5.74) is 11.3. The molecule has 0 unspecified atom stereocenters. The molecule has 0 atom stereocenters. The zero-order valence-electron chi connectivity index (χ0n) is 15.3. The number of aromatic nitrogens is 1. The Kier molecular flexibility index (Phi) is 4.32. The van der Waals surface area contributed by atoms with Gasteiger partial charge in [-0.2, -0.15) is 5.26 Å². The molecule has 1 aromatic heterocycles. The Morgan fingerprint density at radius 2 is 2.07 bits per heavy atom. The summed E-state index contributed by atoms with van der Waals surface area (Å²) < 4.78 is 13.6. The predicted molar refractivity (Wildman–Crippen MR) is 107 cm³/mol. The van der Waals surface area contributed by atoms with Crippen molar-refractivity contribution in [3.05, 3.63) is 81.8 Å². The number of rotatable bonds is 2. The predicted octanol–water partition coefficient (Wildman–Crippen LogP) is 4.41. The molecule has 1 heterocycles. The molecule has 4 nitrogen and oxygen atoms in total. The lowest BCUT2D eigenvalue weighted by atomic mass is 9.83. The molecule has 3 N–H and O–H groups in total. The fourth-order valence-corrected chi connectivity index (χ4v) is 3.84. The number of H-pyrrole nitrogens is 1. The van der Waals surface area contributed by atoms with Crippen molar-refractivity contribution in [2.45, 2.75) is 19.8 Å². The Bertz CT molecular complexity index is 1220. The number of nitrogens with one attached hydrogen (secondary N) is 1. The van der Waals surface area contributed by atoms with E-state index in [1.807, 2.05) is 31.2 Å². The topological polar surface area (TPSA) is 82.7 Å². The highest BCUT2D eigenvalue weighted by Gasteiger charge is 2.27. The lowest BCUT2D eigenvalue weighted by Gasteiger charge is -2.20. The van der Waals surface area contributed by atoms with Crippen LogP contribution in [-0.2, 0) is 11.2 Å². The van der Waals surface area contributed by atoms with Gasteiger partial charge in [0.1, 0.15) is 17.5 Å². The SMILES string of the molecule is Cc1ccc2[nH]c3c(c2c1)CCC(=C\c1cccc(F)c1)/C3=C(\C#N)C(N)=O. The fourth-order valence-electron chi connectivity index (χ4n) is 3.84. The van der Waals surface area contributed by atoms with Gasteiger partial charge >= 0.3 is 0 Å². The summed E-state index contributed by atoms with van der Waals surface area (Å²) in [5.74, 6) is -1.11. The van der Waals surface area contributed by atoms with Gasteiger partial charge in [-0.25, -0.2) is 4.39 Å². The molecule has 0 fully saturated rings. The number of amides is 1. The molecule has 0 aliphatic heterocycles. The maximum atomic E-state index is 13.6. The van der Waals surface area contributed by atoms with E-state index >= 15 is 0 Å². The van der Waals surface area contributed by atoms with Crippen molar-refractivity contribution in [3.63, 3.8) is 0 Å². The molecule has 2 aromatic carbocycles. The van der Waals surface area contributed by atoms with E-state index in [9.17, 15) is 14.4 Å². The number of primary amides is 1. The molecule has 0 saturated carbocycles. The number of aryl methyl sites for hydroxylation is 2. The van der Waals surface area contributed by atoms with Crippen molar-refractivity contribution >= 4 is 28.5 Å². The Morgan fingerprint density at radius 1 is 1.25 bits per heavy atom. The Morgan fingerprint density at radius 3 is 2.79 bits per heavy atom. The molecular formula is C23H18FN3O. The molecule has 0 bridgehead atoms. The van der Waals surface area contributed by atoms with Gasteiger partial charge in [0, 0.05) is 16.5 Å². The third kappa shape index (κ3) is 2.99. The van der Waals surface area contributed by atoms with Crippen molar-refractivity contribution in [2.75, 3.05) is 0 Å². The van der Waals surface area contributed by atoms with Gasteiger partial charge in [-0.15, -0.1) is 0 Å². The zero-order valence-corrected chi connectivity index (χ0v) is 15.3. The number of carbonyl (C=O) groups excluding carboxylic acids is 1. The van der Waals surface area contributed by atoms with Crippen LogP contribution >= 0.6 is 0 Å². The van der Waals surface area contributed by atoms with Gasteiger partial charge < -0.3 is 10.7 Å². The monoisotopic (exact) mass is 371 g/mol. The second kappa shape index (κ2) is 6.82. The smallest absolute Gasteiger partial charge is 0.260 e. The van der Waals surface area contributed by atoms with Crippen LogP contribution in [0.1, 0.15) is 28.8 Å². The van der Waals surface area contributed by atoms with Crippen LogP contribution in [0.5, 0.6) is 0 Å². The van der Waals surface area contributed by atoms with Crippen LogP contribution in [0.2, 0.25) is 0 Å². The lowest BCUT2D eigenvalue weighted by Crippen LogP contribution is -2.17. The van der Waals surface area contributed by atoms with Crippen LogP contribution in [0.15, 0.2) is 53.6 Å². The average Bonchev–Trinajstić information content (AvgIpc) is 3.01. The van der Waals surface area contributed by atoms with E-state index in [0.29, 0.717) is 17.6 Å². The van der Waals surface area contributed by atoms with E-state index in [1.54, 1.807) is 12.1 Å². The van der Waals surface area contributed by atoms with Crippen LogP contribution in [0.3, 0.4) is 0 Å². The number of nitrogens with zero attached hydrogens (tertiary/aromatic N) is 1. The minimum atomic E-state index is -0.773. The largest absolute Gasteiger partial charge is 0.365 e. The van der Waals surface area contributed by atoms with Gasteiger partial charge in [-0.1, -0.05) is 29.8 Å². The van der Waals surface area contributed by atoms with Gasteiger partial charge in [0.05, 0.1) is 5.69 Å². The highest BCUT2D eigenvalue weighted by Crippen LogP contribution is 2.41. The second-order valence-electron chi connectivity index (χ2n) is 6.98. The molecule has 5 heteroatoms. The van der Waals surface area contributed by atoms with E-state index in [4.69, 9.17) is 5.73 Å². The first-order valence-electron chi connectivity index (χ1n) is 9.00. The number of benzene rings is 2. The summed E-state index contributed by atoms with van der Waals surface area (Å²) in [6, 6.07) is 14.3. The van der Waals surface area contributed by atoms with E-state index in [2.05, 4.69) is 11.1 Å². The molecule has 3 aromatic rings. The Labute approximate surface area is 161 Å². The van der Waals surface area contributed by atoms with E-state index in [-0.39, 0.29) is 11.4 Å². The summed E-state index contributed by atoms with van der Waals surface area (Å²) in [7, 11) is 0. The molecule has 138 valence electrons. The number of nitriles is 1. The molecule has 0 spiro atoms.